The number of nitriles is 1. The van der Waals surface area contributed by atoms with Crippen LogP contribution in [0, 0.1) is 17.2 Å². The van der Waals surface area contributed by atoms with Crippen LogP contribution in [0.2, 0.25) is 0 Å². The van der Waals surface area contributed by atoms with Crippen molar-refractivity contribution in [3.63, 3.8) is 0 Å². The highest BCUT2D eigenvalue weighted by atomic mass is 32.1. The number of carbonyl (C=O) groups is 1. The number of allylic oxidation sites excluding steroid dienone is 1. The quantitative estimate of drug-likeness (QED) is 0.539. The summed E-state index contributed by atoms with van der Waals surface area (Å²) in [5.74, 6) is 0.145. The van der Waals surface area contributed by atoms with Crippen molar-refractivity contribution in [2.45, 2.75) is 20.3 Å². The van der Waals surface area contributed by atoms with Gasteiger partial charge in [-0.15, -0.1) is 11.3 Å². The lowest BCUT2D eigenvalue weighted by molar-refractivity contribution is 0.100. The molecule has 1 amide bonds. The second-order valence-electron chi connectivity index (χ2n) is 7.09. The Morgan fingerprint density at radius 1 is 1.21 bits per heavy atom. The molecule has 3 N–H and O–H groups in total. The van der Waals surface area contributed by atoms with Crippen LogP contribution in [0.5, 0.6) is 0 Å². The van der Waals surface area contributed by atoms with Crippen molar-refractivity contribution < 1.29 is 4.79 Å². The summed E-state index contributed by atoms with van der Waals surface area (Å²) in [5.41, 5.74) is 10.1. The third-order valence-corrected chi connectivity index (χ3v) is 5.18. The van der Waals surface area contributed by atoms with E-state index in [1.54, 1.807) is 30.5 Å². The molecule has 1 aromatic heterocycles. The molecule has 29 heavy (non-hydrogen) atoms. The normalized spacial score (nSPS) is 11.3. The van der Waals surface area contributed by atoms with Crippen LogP contribution in [-0.2, 0) is 6.42 Å². The number of nitrogens with zero attached hydrogens (tertiary/aromatic N) is 2. The molecule has 0 radical (unpaired) electrons. The molecule has 146 valence electrons. The molecule has 0 saturated carbocycles. The van der Waals surface area contributed by atoms with Crippen LogP contribution in [0.1, 0.15) is 34.8 Å². The van der Waals surface area contributed by atoms with E-state index in [0.717, 1.165) is 23.4 Å². The highest BCUT2D eigenvalue weighted by molar-refractivity contribution is 7.11. The van der Waals surface area contributed by atoms with Crippen LogP contribution in [-0.4, -0.2) is 10.9 Å². The van der Waals surface area contributed by atoms with Gasteiger partial charge >= 0.3 is 0 Å². The maximum Gasteiger partial charge on any atom is 0.248 e. The van der Waals surface area contributed by atoms with Crippen molar-refractivity contribution in [3.05, 3.63) is 76.2 Å². The van der Waals surface area contributed by atoms with Gasteiger partial charge in [0.25, 0.3) is 0 Å². The first-order chi connectivity index (χ1) is 14.0. The van der Waals surface area contributed by atoms with Crippen molar-refractivity contribution in [3.8, 4) is 17.3 Å². The summed E-state index contributed by atoms with van der Waals surface area (Å²) in [4.78, 5) is 15.8. The van der Waals surface area contributed by atoms with Gasteiger partial charge in [-0.3, -0.25) is 4.79 Å². The van der Waals surface area contributed by atoms with Crippen LogP contribution >= 0.6 is 11.3 Å². The number of hydrogen-bond acceptors (Lipinski definition) is 5. The number of carbonyl (C=O) groups excluding carboxylic acids is 1. The van der Waals surface area contributed by atoms with Gasteiger partial charge in [0.15, 0.2) is 0 Å². The van der Waals surface area contributed by atoms with Gasteiger partial charge in [-0.05, 0) is 42.2 Å². The molecule has 0 fully saturated rings. The zero-order valence-corrected chi connectivity index (χ0v) is 17.2. The van der Waals surface area contributed by atoms with E-state index in [9.17, 15) is 10.1 Å². The number of nitrogens with one attached hydrogen (secondary N) is 1. The standard InChI is InChI=1S/C23H22N4OS/c1-15(2)11-16-3-5-17(6-4-16)21-14-29-23(27-21)19(12-24)13-26-20-9-7-18(8-10-20)22(25)28/h3-10,13-15,26H,11H2,1-2H3,(H2,25,28). The first-order valence-corrected chi connectivity index (χ1v) is 10.2. The average molecular weight is 403 g/mol. The lowest BCUT2D eigenvalue weighted by atomic mass is 10.0. The smallest absolute Gasteiger partial charge is 0.248 e. The summed E-state index contributed by atoms with van der Waals surface area (Å²) < 4.78 is 0. The maximum absolute atomic E-state index is 11.1. The first kappa shape index (κ1) is 20.3. The molecule has 0 spiro atoms. The molecule has 0 aliphatic rings. The molecule has 0 saturated heterocycles. The number of benzene rings is 2. The SMILES string of the molecule is CC(C)Cc1ccc(-c2csc(C(C#N)=CNc3ccc(C(N)=O)cc3)n2)cc1. The van der Waals surface area contributed by atoms with E-state index in [1.807, 2.05) is 5.38 Å². The van der Waals surface area contributed by atoms with Crippen molar-refractivity contribution >= 4 is 28.5 Å². The Morgan fingerprint density at radius 3 is 2.48 bits per heavy atom. The van der Waals surface area contributed by atoms with Gasteiger partial charge in [0.1, 0.15) is 16.6 Å². The van der Waals surface area contributed by atoms with Gasteiger partial charge < -0.3 is 11.1 Å². The maximum atomic E-state index is 11.1. The van der Waals surface area contributed by atoms with Crippen LogP contribution in [0.15, 0.2) is 60.1 Å². The number of hydrogen-bond donors (Lipinski definition) is 2. The number of amides is 1. The second kappa shape index (κ2) is 9.18. The fraction of sp³-hybridized carbons (Fsp3) is 0.174. The molecule has 0 unspecified atom stereocenters. The Labute approximate surface area is 174 Å². The van der Waals surface area contributed by atoms with E-state index in [0.29, 0.717) is 22.1 Å². The molecule has 0 aliphatic carbocycles. The number of aromatic nitrogens is 1. The van der Waals surface area contributed by atoms with Gasteiger partial charge in [0.05, 0.1) is 5.69 Å². The fourth-order valence-electron chi connectivity index (χ4n) is 2.84. The summed E-state index contributed by atoms with van der Waals surface area (Å²) in [6.45, 7) is 4.41. The van der Waals surface area contributed by atoms with Gasteiger partial charge in [-0.25, -0.2) is 4.98 Å². The number of anilines is 1. The number of primary amides is 1. The minimum Gasteiger partial charge on any atom is -0.366 e. The topological polar surface area (TPSA) is 91.8 Å². The molecule has 6 heteroatoms. The van der Waals surface area contributed by atoms with Crippen LogP contribution in [0.25, 0.3) is 16.8 Å². The molecule has 3 rings (SSSR count). The largest absolute Gasteiger partial charge is 0.366 e. The zero-order valence-electron chi connectivity index (χ0n) is 16.3. The number of thiazole rings is 1. The average Bonchev–Trinajstić information content (AvgIpc) is 3.19. The van der Waals surface area contributed by atoms with Crippen LogP contribution in [0.3, 0.4) is 0 Å². The molecule has 0 atom stereocenters. The highest BCUT2D eigenvalue weighted by Crippen LogP contribution is 2.26. The Hall–Kier alpha value is -3.43. The molecular weight excluding hydrogens is 380 g/mol. The summed E-state index contributed by atoms with van der Waals surface area (Å²) in [7, 11) is 0. The Morgan fingerprint density at radius 2 is 1.90 bits per heavy atom. The predicted octanol–water partition coefficient (Wildman–Crippen LogP) is 5.08. The van der Waals surface area contributed by atoms with E-state index in [-0.39, 0.29) is 0 Å². The highest BCUT2D eigenvalue weighted by Gasteiger charge is 2.09. The summed E-state index contributed by atoms with van der Waals surface area (Å²) >= 11 is 1.43. The lowest BCUT2D eigenvalue weighted by Crippen LogP contribution is -2.10. The second-order valence-corrected chi connectivity index (χ2v) is 7.95. The first-order valence-electron chi connectivity index (χ1n) is 9.28. The summed E-state index contributed by atoms with van der Waals surface area (Å²) in [6.07, 6.45) is 2.67. The van der Waals surface area contributed by atoms with Gasteiger partial charge in [0.2, 0.25) is 5.91 Å². The molecular formula is C23H22N4OS. The lowest BCUT2D eigenvalue weighted by Gasteiger charge is -2.05. The third kappa shape index (κ3) is 5.31. The van der Waals surface area contributed by atoms with Crippen LogP contribution < -0.4 is 11.1 Å². The van der Waals surface area contributed by atoms with E-state index in [1.165, 1.54) is 16.9 Å². The van der Waals surface area contributed by atoms with Gasteiger partial charge in [-0.1, -0.05) is 38.1 Å². The predicted molar refractivity (Wildman–Crippen MR) is 118 cm³/mol. The number of nitrogens with two attached hydrogens (primary N) is 1. The molecule has 5 nitrogen and oxygen atoms in total. The van der Waals surface area contributed by atoms with Crippen molar-refractivity contribution in [1.82, 2.24) is 4.98 Å². The summed E-state index contributed by atoms with van der Waals surface area (Å²) in [6, 6.07) is 17.3. The molecule has 0 bridgehead atoms. The van der Waals surface area contributed by atoms with Crippen molar-refractivity contribution in [2.75, 3.05) is 5.32 Å². The Balaban J connectivity index is 1.74. The fourth-order valence-corrected chi connectivity index (χ4v) is 3.64. The van der Waals surface area contributed by atoms with Gasteiger partial charge in [0, 0.05) is 28.4 Å². The Bertz CT molecular complexity index is 1060. The van der Waals surface area contributed by atoms with Gasteiger partial charge in [-0.2, -0.15) is 5.26 Å². The molecule has 2 aromatic carbocycles. The Kier molecular flexibility index (Phi) is 6.43. The molecule has 1 heterocycles. The van der Waals surface area contributed by atoms with E-state index >= 15 is 0 Å². The van der Waals surface area contributed by atoms with Crippen LogP contribution in [0.4, 0.5) is 5.69 Å². The van der Waals surface area contributed by atoms with E-state index in [2.05, 4.69) is 54.5 Å². The van der Waals surface area contributed by atoms with E-state index < -0.39 is 5.91 Å². The summed E-state index contributed by atoms with van der Waals surface area (Å²) in [5, 5.41) is 15.2. The van der Waals surface area contributed by atoms with Crippen molar-refractivity contribution in [1.29, 1.82) is 5.26 Å². The third-order valence-electron chi connectivity index (χ3n) is 4.30. The van der Waals surface area contributed by atoms with E-state index in [4.69, 9.17) is 5.73 Å². The number of rotatable bonds is 7. The minimum atomic E-state index is -0.475. The molecule has 0 aliphatic heterocycles. The van der Waals surface area contributed by atoms with Crippen molar-refractivity contribution in [2.24, 2.45) is 11.7 Å². The zero-order chi connectivity index (χ0) is 20.8. The minimum absolute atomic E-state index is 0.434. The molecule has 3 aromatic rings. The monoisotopic (exact) mass is 402 g/mol.